The first-order chi connectivity index (χ1) is 31.8. The molecule has 24 unspecified atom stereocenters. The SMILES string of the molecule is COC(=O)C1OC(OC2C(O)CC3(C)C(CCC4(C)C3CC=C3C5CC(C)(C)CCC5(C(=O)OC5OC(CO)C(O)C(O)C5O)CCC34C)C2(C)CO)C(O)C(O)C1OC1OCC(O)C(O)C1O. The van der Waals surface area contributed by atoms with Crippen LogP contribution in [0.15, 0.2) is 11.6 Å². The van der Waals surface area contributed by atoms with Gasteiger partial charge in [0.2, 0.25) is 6.29 Å². The third-order valence-electron chi connectivity index (χ3n) is 19.2. The Morgan fingerprint density at radius 3 is 2.03 bits per heavy atom. The first kappa shape index (κ1) is 52.4. The molecule has 0 spiro atoms. The molecule has 24 atom stereocenters. The van der Waals surface area contributed by atoms with E-state index in [-0.39, 0.29) is 35.0 Å². The third kappa shape index (κ3) is 8.03. The molecule has 3 aliphatic heterocycles. The number of ether oxygens (including phenoxy) is 7. The highest BCUT2D eigenvalue weighted by Crippen LogP contribution is 2.76. The lowest BCUT2D eigenvalue weighted by molar-refractivity contribution is -0.362. The zero-order chi connectivity index (χ0) is 49.8. The second-order valence-corrected chi connectivity index (χ2v) is 23.2. The minimum atomic E-state index is -1.91. The number of rotatable bonds is 9. The molecule has 20 heteroatoms. The van der Waals surface area contributed by atoms with Gasteiger partial charge in [0.15, 0.2) is 18.7 Å². The Balaban J connectivity index is 1.05. The molecule has 3 saturated heterocycles. The highest BCUT2D eigenvalue weighted by molar-refractivity contribution is 5.79. The van der Waals surface area contributed by atoms with Gasteiger partial charge in [-0.25, -0.2) is 4.79 Å². The average Bonchev–Trinajstić information content (AvgIpc) is 3.29. The van der Waals surface area contributed by atoms with E-state index in [4.69, 9.17) is 33.2 Å². The van der Waals surface area contributed by atoms with Crippen molar-refractivity contribution in [1.82, 2.24) is 0 Å². The predicted molar refractivity (Wildman–Crippen MR) is 232 cm³/mol. The van der Waals surface area contributed by atoms with Crippen LogP contribution in [0.5, 0.6) is 0 Å². The lowest BCUT2D eigenvalue weighted by Gasteiger charge is -2.71. The molecule has 0 aromatic heterocycles. The standard InChI is InChI=1S/C48H76O20/c1-43(2)12-14-48(42(61)68-40-33(58)30(55)29(54)25(18-49)64-40)15-13-46(5)21(22(48)16-43)8-9-27-44(3)17-23(51)37(45(4,20-50)26(44)10-11-47(27,46)6)67-41-34(59)31(56)35(36(66-41)38(60)62-7)65-39-32(57)28(53)24(52)19-63-39/h8,22-37,39-41,49-59H,9-20H2,1-7H3. The molecule has 7 fully saturated rings. The molecule has 3 heterocycles. The van der Waals surface area contributed by atoms with Gasteiger partial charge in [0.1, 0.15) is 61.0 Å². The Bertz CT molecular complexity index is 1900. The number of allylic oxidation sites excluding steroid dienone is 2. The van der Waals surface area contributed by atoms with Crippen molar-refractivity contribution in [1.29, 1.82) is 0 Å². The van der Waals surface area contributed by atoms with Crippen LogP contribution in [0.4, 0.5) is 0 Å². The van der Waals surface area contributed by atoms with Gasteiger partial charge in [-0.3, -0.25) is 4.79 Å². The Hall–Kier alpha value is -1.96. The summed E-state index contributed by atoms with van der Waals surface area (Å²) >= 11 is 0. The Morgan fingerprint density at radius 2 is 1.37 bits per heavy atom. The van der Waals surface area contributed by atoms with Gasteiger partial charge in [-0.05, 0) is 97.2 Å². The molecule has 4 saturated carbocycles. The smallest absolute Gasteiger partial charge is 0.337 e. The van der Waals surface area contributed by atoms with Crippen LogP contribution in [-0.4, -0.2) is 193 Å². The van der Waals surface area contributed by atoms with E-state index in [0.29, 0.717) is 44.9 Å². The normalized spacial score (nSPS) is 53.4. The molecule has 0 bridgehead atoms. The molecule has 68 heavy (non-hydrogen) atoms. The minimum absolute atomic E-state index is 0.0221. The number of hydrogen-bond donors (Lipinski definition) is 11. The Morgan fingerprint density at radius 1 is 0.706 bits per heavy atom. The summed E-state index contributed by atoms with van der Waals surface area (Å²) in [5.41, 5.74) is -2.44. The van der Waals surface area contributed by atoms with Crippen LogP contribution in [0, 0.1) is 50.2 Å². The van der Waals surface area contributed by atoms with Crippen molar-refractivity contribution in [3.05, 3.63) is 11.6 Å². The van der Waals surface area contributed by atoms with Crippen LogP contribution in [0.2, 0.25) is 0 Å². The highest BCUT2D eigenvalue weighted by Gasteiger charge is 2.71. The number of carbonyl (C=O) groups is 2. The quantitative estimate of drug-likeness (QED) is 0.0743. The van der Waals surface area contributed by atoms with Crippen molar-refractivity contribution in [3.8, 4) is 0 Å². The number of aliphatic hydroxyl groups excluding tert-OH is 11. The van der Waals surface area contributed by atoms with Crippen LogP contribution in [0.25, 0.3) is 0 Å². The lowest BCUT2D eigenvalue weighted by Crippen LogP contribution is -2.70. The summed E-state index contributed by atoms with van der Waals surface area (Å²) in [7, 11) is 1.07. The van der Waals surface area contributed by atoms with Crippen LogP contribution in [0.1, 0.15) is 99.3 Å². The minimum Gasteiger partial charge on any atom is -0.467 e. The van der Waals surface area contributed by atoms with E-state index < -0.39 is 152 Å². The molecule has 8 aliphatic rings. The van der Waals surface area contributed by atoms with Crippen molar-refractivity contribution in [3.63, 3.8) is 0 Å². The first-order valence-corrected chi connectivity index (χ1v) is 24.4. The average molecular weight is 973 g/mol. The topological polar surface area (TPSA) is 321 Å². The van der Waals surface area contributed by atoms with Gasteiger partial charge in [-0.15, -0.1) is 0 Å². The van der Waals surface area contributed by atoms with E-state index in [9.17, 15) is 65.8 Å². The van der Waals surface area contributed by atoms with E-state index in [1.807, 2.05) is 6.92 Å². The van der Waals surface area contributed by atoms with Crippen molar-refractivity contribution >= 4 is 11.9 Å². The molecule has 0 radical (unpaired) electrons. The molecule has 5 aliphatic carbocycles. The number of methoxy groups -OCH3 is 1. The molecular formula is C48H76O20. The van der Waals surface area contributed by atoms with Crippen molar-refractivity contribution in [2.24, 2.45) is 50.2 Å². The van der Waals surface area contributed by atoms with E-state index in [2.05, 4.69) is 40.7 Å². The van der Waals surface area contributed by atoms with Crippen molar-refractivity contribution < 1.29 is 98.9 Å². The van der Waals surface area contributed by atoms with Crippen molar-refractivity contribution in [2.75, 3.05) is 26.9 Å². The van der Waals surface area contributed by atoms with Crippen molar-refractivity contribution in [2.45, 2.75) is 198 Å². The zero-order valence-corrected chi connectivity index (χ0v) is 40.1. The van der Waals surface area contributed by atoms with Gasteiger partial charge in [-0.2, -0.15) is 0 Å². The second-order valence-electron chi connectivity index (χ2n) is 23.2. The van der Waals surface area contributed by atoms with E-state index in [1.54, 1.807) is 0 Å². The number of aliphatic hydroxyl groups is 11. The summed E-state index contributed by atoms with van der Waals surface area (Å²) < 4.78 is 40.0. The fraction of sp³-hybridized carbons (Fsp3) is 0.917. The molecule has 0 amide bonds. The molecule has 0 aromatic carbocycles. The second kappa shape index (κ2) is 18.5. The van der Waals surface area contributed by atoms with Crippen LogP contribution in [-0.2, 0) is 42.7 Å². The number of hydrogen-bond acceptors (Lipinski definition) is 20. The monoisotopic (exact) mass is 972 g/mol. The maximum absolute atomic E-state index is 14.7. The van der Waals surface area contributed by atoms with Gasteiger partial charge in [-0.1, -0.05) is 53.2 Å². The Kier molecular flexibility index (Phi) is 14.3. The van der Waals surface area contributed by atoms with Crippen LogP contribution < -0.4 is 0 Å². The largest absolute Gasteiger partial charge is 0.467 e. The van der Waals surface area contributed by atoms with Gasteiger partial charge >= 0.3 is 11.9 Å². The van der Waals surface area contributed by atoms with E-state index >= 15 is 0 Å². The summed E-state index contributed by atoms with van der Waals surface area (Å²) in [6, 6.07) is 0. The first-order valence-electron chi connectivity index (χ1n) is 24.4. The summed E-state index contributed by atoms with van der Waals surface area (Å²) in [5.74, 6) is -2.09. The number of carbonyl (C=O) groups excluding carboxylic acids is 2. The fourth-order valence-electron chi connectivity index (χ4n) is 15.0. The summed E-state index contributed by atoms with van der Waals surface area (Å²) in [6.45, 7) is 11.4. The lowest BCUT2D eigenvalue weighted by atomic mass is 9.33. The molecule has 20 nitrogen and oxygen atoms in total. The van der Waals surface area contributed by atoms with E-state index in [1.165, 1.54) is 5.57 Å². The van der Waals surface area contributed by atoms with Gasteiger partial charge < -0.3 is 89.3 Å². The molecule has 388 valence electrons. The molecular weight excluding hydrogens is 897 g/mol. The fourth-order valence-corrected chi connectivity index (χ4v) is 15.0. The van der Waals surface area contributed by atoms with Gasteiger partial charge in [0.25, 0.3) is 0 Å². The zero-order valence-electron chi connectivity index (χ0n) is 40.1. The maximum atomic E-state index is 14.7. The van der Waals surface area contributed by atoms with E-state index in [0.717, 1.165) is 13.5 Å². The molecule has 0 aromatic rings. The predicted octanol–water partition coefficient (Wildman–Crippen LogP) is -1.10. The summed E-state index contributed by atoms with van der Waals surface area (Å²) in [5, 5.41) is 119. The number of esters is 2. The van der Waals surface area contributed by atoms with Crippen LogP contribution >= 0.6 is 0 Å². The Labute approximate surface area is 396 Å². The molecule has 11 N–H and O–H groups in total. The van der Waals surface area contributed by atoms with Gasteiger partial charge in [0, 0.05) is 5.41 Å². The summed E-state index contributed by atoms with van der Waals surface area (Å²) in [6.07, 6.45) is -18.3. The summed E-state index contributed by atoms with van der Waals surface area (Å²) in [4.78, 5) is 27.8. The van der Waals surface area contributed by atoms with Crippen LogP contribution in [0.3, 0.4) is 0 Å². The third-order valence-corrected chi connectivity index (χ3v) is 19.2. The molecule has 8 rings (SSSR count). The number of fused-ring (bicyclic) bond motifs is 7. The van der Waals surface area contributed by atoms with Gasteiger partial charge in [0.05, 0.1) is 44.6 Å². The maximum Gasteiger partial charge on any atom is 0.337 e. The highest BCUT2D eigenvalue weighted by atomic mass is 16.7.